The van der Waals surface area contributed by atoms with E-state index in [1.54, 1.807) is 36.5 Å². The predicted molar refractivity (Wildman–Crippen MR) is 56.7 cm³/mol. The van der Waals surface area contributed by atoms with Gasteiger partial charge >= 0.3 is 0 Å². The molecule has 0 fully saturated rings. The van der Waals surface area contributed by atoms with E-state index in [-0.39, 0.29) is 5.75 Å². The third kappa shape index (κ3) is 2.02. The molecule has 2 rings (SSSR count). The first kappa shape index (κ1) is 9.40. The number of rotatable bonds is 2. The van der Waals surface area contributed by atoms with Gasteiger partial charge in [-0.05, 0) is 23.8 Å². The number of hydrogen-bond acceptors (Lipinski definition) is 3. The van der Waals surface area contributed by atoms with Gasteiger partial charge in [0, 0.05) is 11.8 Å². The first-order valence-corrected chi connectivity index (χ1v) is 4.50. The van der Waals surface area contributed by atoms with E-state index in [9.17, 15) is 9.90 Å². The minimum Gasteiger partial charge on any atom is -0.508 e. The van der Waals surface area contributed by atoms with Gasteiger partial charge in [-0.15, -0.1) is 0 Å². The van der Waals surface area contributed by atoms with Gasteiger partial charge in [0.05, 0.1) is 0 Å². The summed E-state index contributed by atoms with van der Waals surface area (Å²) >= 11 is 0. The number of aromatic nitrogens is 1. The summed E-state index contributed by atoms with van der Waals surface area (Å²) < 4.78 is 0. The zero-order valence-corrected chi connectivity index (χ0v) is 7.92. The van der Waals surface area contributed by atoms with Crippen LogP contribution in [0.25, 0.3) is 11.1 Å². The van der Waals surface area contributed by atoms with Crippen LogP contribution in [0.2, 0.25) is 0 Å². The lowest BCUT2D eigenvalue weighted by Gasteiger charge is -2.01. The monoisotopic (exact) mass is 199 g/mol. The van der Waals surface area contributed by atoms with Crippen molar-refractivity contribution in [3.8, 4) is 16.9 Å². The molecule has 0 amide bonds. The van der Waals surface area contributed by atoms with Crippen molar-refractivity contribution in [1.82, 2.24) is 4.98 Å². The minimum absolute atomic E-state index is 0.215. The molecule has 0 bridgehead atoms. The van der Waals surface area contributed by atoms with E-state index in [1.807, 2.05) is 6.07 Å². The van der Waals surface area contributed by atoms with Crippen LogP contribution in [0.4, 0.5) is 0 Å². The summed E-state index contributed by atoms with van der Waals surface area (Å²) in [7, 11) is 0. The van der Waals surface area contributed by atoms with Gasteiger partial charge in [-0.3, -0.25) is 9.78 Å². The molecule has 3 heteroatoms. The Bertz CT molecular complexity index is 477. The van der Waals surface area contributed by atoms with Crippen LogP contribution in [-0.4, -0.2) is 16.4 Å². The average Bonchev–Trinajstić information content (AvgIpc) is 2.29. The van der Waals surface area contributed by atoms with Crippen LogP contribution in [0.1, 0.15) is 10.5 Å². The first-order valence-electron chi connectivity index (χ1n) is 4.50. The van der Waals surface area contributed by atoms with Gasteiger partial charge in [0.2, 0.25) is 0 Å². The van der Waals surface area contributed by atoms with Crippen molar-refractivity contribution in [3.05, 3.63) is 48.3 Å². The van der Waals surface area contributed by atoms with Crippen molar-refractivity contribution >= 4 is 6.29 Å². The zero-order valence-electron chi connectivity index (χ0n) is 7.92. The molecule has 0 radical (unpaired) electrons. The Hall–Kier alpha value is -2.16. The largest absolute Gasteiger partial charge is 0.508 e. The summed E-state index contributed by atoms with van der Waals surface area (Å²) in [6, 6.07) is 10.3. The first-order chi connectivity index (χ1) is 7.29. The number of carbonyl (C=O) groups is 1. The molecule has 0 unspecified atom stereocenters. The Kier molecular flexibility index (Phi) is 2.46. The predicted octanol–water partition coefficient (Wildman–Crippen LogP) is 2.27. The SMILES string of the molecule is O=Cc1ccc(-c2cccc(O)c2)cn1. The number of nitrogens with zero attached hydrogens (tertiary/aromatic N) is 1. The van der Waals surface area contributed by atoms with Crippen molar-refractivity contribution in [2.75, 3.05) is 0 Å². The van der Waals surface area contributed by atoms with Crippen LogP contribution in [0.5, 0.6) is 5.75 Å². The molecule has 0 saturated heterocycles. The highest BCUT2D eigenvalue weighted by Crippen LogP contribution is 2.22. The highest BCUT2D eigenvalue weighted by molar-refractivity contribution is 5.73. The Morgan fingerprint density at radius 1 is 1.13 bits per heavy atom. The van der Waals surface area contributed by atoms with Gasteiger partial charge in [0.1, 0.15) is 11.4 Å². The number of benzene rings is 1. The fourth-order valence-electron chi connectivity index (χ4n) is 1.33. The van der Waals surface area contributed by atoms with Crippen LogP contribution in [0.15, 0.2) is 42.6 Å². The number of aromatic hydroxyl groups is 1. The highest BCUT2D eigenvalue weighted by atomic mass is 16.3. The molecule has 0 atom stereocenters. The van der Waals surface area contributed by atoms with Gasteiger partial charge in [-0.2, -0.15) is 0 Å². The second-order valence-corrected chi connectivity index (χ2v) is 3.14. The lowest BCUT2D eigenvalue weighted by molar-refractivity contribution is 0.111. The van der Waals surface area contributed by atoms with Gasteiger partial charge in [0.25, 0.3) is 0 Å². The normalized spacial score (nSPS) is 9.87. The molecule has 1 heterocycles. The molecule has 1 aromatic carbocycles. The molecule has 3 nitrogen and oxygen atoms in total. The highest BCUT2D eigenvalue weighted by Gasteiger charge is 1.99. The molecular weight excluding hydrogens is 190 g/mol. The van der Waals surface area contributed by atoms with Crippen molar-refractivity contribution < 1.29 is 9.90 Å². The van der Waals surface area contributed by atoms with Gasteiger partial charge < -0.3 is 5.11 Å². The average molecular weight is 199 g/mol. The van der Waals surface area contributed by atoms with E-state index >= 15 is 0 Å². The van der Waals surface area contributed by atoms with Crippen LogP contribution in [-0.2, 0) is 0 Å². The van der Waals surface area contributed by atoms with Gasteiger partial charge in [-0.25, -0.2) is 0 Å². The minimum atomic E-state index is 0.215. The van der Waals surface area contributed by atoms with E-state index in [0.29, 0.717) is 12.0 Å². The van der Waals surface area contributed by atoms with Gasteiger partial charge in [-0.1, -0.05) is 18.2 Å². The maximum Gasteiger partial charge on any atom is 0.168 e. The second kappa shape index (κ2) is 3.92. The van der Waals surface area contributed by atoms with Crippen LogP contribution >= 0.6 is 0 Å². The maximum atomic E-state index is 10.4. The zero-order chi connectivity index (χ0) is 10.7. The molecule has 0 saturated carbocycles. The fourth-order valence-corrected chi connectivity index (χ4v) is 1.33. The Labute approximate surface area is 87.0 Å². The number of aldehydes is 1. The molecule has 0 aliphatic carbocycles. The summed E-state index contributed by atoms with van der Waals surface area (Å²) in [5.74, 6) is 0.215. The van der Waals surface area contributed by atoms with E-state index < -0.39 is 0 Å². The molecule has 0 spiro atoms. The lowest BCUT2D eigenvalue weighted by atomic mass is 10.1. The molecule has 1 aromatic heterocycles. The summed E-state index contributed by atoms with van der Waals surface area (Å²) in [5, 5.41) is 9.30. The Balaban J connectivity index is 2.41. The third-order valence-electron chi connectivity index (χ3n) is 2.09. The Morgan fingerprint density at radius 2 is 2.00 bits per heavy atom. The number of pyridine rings is 1. The fraction of sp³-hybridized carbons (Fsp3) is 0. The summed E-state index contributed by atoms with van der Waals surface area (Å²) in [6.07, 6.45) is 2.31. The summed E-state index contributed by atoms with van der Waals surface area (Å²) in [6.45, 7) is 0. The standard InChI is InChI=1S/C12H9NO2/c14-8-11-5-4-10(7-13-11)9-2-1-3-12(15)6-9/h1-8,15H. The molecule has 1 N–H and O–H groups in total. The maximum absolute atomic E-state index is 10.4. The number of phenols is 1. The third-order valence-corrected chi connectivity index (χ3v) is 2.09. The number of hydrogen-bond donors (Lipinski definition) is 1. The quantitative estimate of drug-likeness (QED) is 0.755. The van der Waals surface area contributed by atoms with Crippen molar-refractivity contribution in [2.24, 2.45) is 0 Å². The van der Waals surface area contributed by atoms with Crippen LogP contribution in [0, 0.1) is 0 Å². The molecule has 2 aromatic rings. The topological polar surface area (TPSA) is 50.2 Å². The van der Waals surface area contributed by atoms with Crippen molar-refractivity contribution in [2.45, 2.75) is 0 Å². The molecule has 74 valence electrons. The van der Waals surface area contributed by atoms with Crippen LogP contribution in [0.3, 0.4) is 0 Å². The van der Waals surface area contributed by atoms with Crippen LogP contribution < -0.4 is 0 Å². The smallest absolute Gasteiger partial charge is 0.168 e. The van der Waals surface area contributed by atoms with E-state index in [4.69, 9.17) is 0 Å². The number of phenolic OH excluding ortho intramolecular Hbond substituents is 1. The lowest BCUT2D eigenvalue weighted by Crippen LogP contribution is -1.86. The van der Waals surface area contributed by atoms with E-state index in [0.717, 1.165) is 11.1 Å². The van der Waals surface area contributed by atoms with Gasteiger partial charge in [0.15, 0.2) is 6.29 Å². The Morgan fingerprint density at radius 3 is 2.60 bits per heavy atom. The summed E-state index contributed by atoms with van der Waals surface area (Å²) in [4.78, 5) is 14.4. The molecular formula is C12H9NO2. The molecule has 0 aliphatic heterocycles. The molecule has 0 aliphatic rings. The van der Waals surface area contributed by atoms with E-state index in [1.165, 1.54) is 0 Å². The molecule has 15 heavy (non-hydrogen) atoms. The number of carbonyl (C=O) groups excluding carboxylic acids is 1. The van der Waals surface area contributed by atoms with Crippen molar-refractivity contribution in [1.29, 1.82) is 0 Å². The summed E-state index contributed by atoms with van der Waals surface area (Å²) in [5.41, 5.74) is 2.15. The second-order valence-electron chi connectivity index (χ2n) is 3.14. The van der Waals surface area contributed by atoms with E-state index in [2.05, 4.69) is 4.98 Å². The van der Waals surface area contributed by atoms with Crippen molar-refractivity contribution in [3.63, 3.8) is 0 Å².